The molecule has 184 valence electrons. The molecule has 0 aliphatic carbocycles. The second-order valence-corrected chi connectivity index (χ2v) is 11.5. The number of benzene rings is 1. The van der Waals surface area contributed by atoms with Gasteiger partial charge in [0.2, 0.25) is 0 Å². The zero-order valence-electron chi connectivity index (χ0n) is 19.8. The minimum atomic E-state index is -4.25. The van der Waals surface area contributed by atoms with E-state index in [0.29, 0.717) is 19.4 Å². The van der Waals surface area contributed by atoms with Gasteiger partial charge in [-0.15, -0.1) is 11.3 Å². The molecule has 2 heterocycles. The van der Waals surface area contributed by atoms with Crippen molar-refractivity contribution in [3.63, 3.8) is 0 Å². The van der Waals surface area contributed by atoms with Gasteiger partial charge < -0.3 is 9.30 Å². The lowest BCUT2D eigenvalue weighted by Gasteiger charge is -2.10. The van der Waals surface area contributed by atoms with Crippen LogP contribution in [-0.4, -0.2) is 30.7 Å². The summed E-state index contributed by atoms with van der Waals surface area (Å²) < 4.78 is 50.1. The number of amides is 1. The summed E-state index contributed by atoms with van der Waals surface area (Å²) in [4.78, 5) is 17.0. The number of aryl methyl sites for hydroxylation is 1. The number of imidazole rings is 1. The molecule has 0 atom stereocenters. The molecule has 0 fully saturated rings. The smallest absolute Gasteiger partial charge is 0.421 e. The van der Waals surface area contributed by atoms with Crippen LogP contribution in [0.3, 0.4) is 0 Å². The highest BCUT2D eigenvalue weighted by Gasteiger charge is 2.27. The maximum Gasteiger partial charge on any atom is 0.421 e. The molecule has 0 aliphatic rings. The van der Waals surface area contributed by atoms with Gasteiger partial charge in [-0.3, -0.25) is 0 Å². The molecule has 1 amide bonds. The summed E-state index contributed by atoms with van der Waals surface area (Å²) in [6.07, 6.45) is 4.53. The third-order valence-electron chi connectivity index (χ3n) is 5.15. The van der Waals surface area contributed by atoms with Crippen LogP contribution < -0.4 is 4.72 Å². The SMILES string of the molecule is CCCCOC(=O)NS(=O)(=O)c1sc(CC(C)C)cc1-c1ccc(Cn2ccnc2C)cc1F. The maximum absolute atomic E-state index is 15.2. The van der Waals surface area contributed by atoms with E-state index in [9.17, 15) is 13.2 Å². The number of halogens is 1. The molecule has 0 unspecified atom stereocenters. The molecule has 0 spiro atoms. The highest BCUT2D eigenvalue weighted by Crippen LogP contribution is 2.37. The molecule has 0 saturated heterocycles. The van der Waals surface area contributed by atoms with Gasteiger partial charge in [-0.1, -0.05) is 39.3 Å². The van der Waals surface area contributed by atoms with Gasteiger partial charge in [0.1, 0.15) is 15.9 Å². The molecular formula is C24H30FN3O4S2. The van der Waals surface area contributed by atoms with E-state index in [1.165, 1.54) is 6.07 Å². The number of nitrogens with one attached hydrogen (secondary N) is 1. The zero-order chi connectivity index (χ0) is 24.9. The Bertz CT molecular complexity index is 1250. The van der Waals surface area contributed by atoms with Gasteiger partial charge in [0.15, 0.2) is 0 Å². The molecule has 0 radical (unpaired) electrons. The second kappa shape index (κ2) is 11.1. The van der Waals surface area contributed by atoms with E-state index in [1.54, 1.807) is 24.4 Å². The number of nitrogens with zero attached hydrogens (tertiary/aromatic N) is 2. The van der Waals surface area contributed by atoms with Gasteiger partial charge in [-0.2, -0.15) is 0 Å². The number of carbonyl (C=O) groups excluding carboxylic acids is 1. The Morgan fingerprint density at radius 3 is 2.65 bits per heavy atom. The first kappa shape index (κ1) is 25.9. The summed E-state index contributed by atoms with van der Waals surface area (Å²) in [5.41, 5.74) is 1.12. The van der Waals surface area contributed by atoms with Gasteiger partial charge in [0, 0.05) is 34.9 Å². The summed E-state index contributed by atoms with van der Waals surface area (Å²) in [6.45, 7) is 8.41. The number of thiophene rings is 1. The van der Waals surface area contributed by atoms with Crippen molar-refractivity contribution in [2.45, 2.75) is 57.7 Å². The maximum atomic E-state index is 15.2. The molecule has 34 heavy (non-hydrogen) atoms. The van der Waals surface area contributed by atoms with E-state index in [1.807, 2.05) is 43.2 Å². The largest absolute Gasteiger partial charge is 0.449 e. The first-order valence-corrected chi connectivity index (χ1v) is 13.5. The second-order valence-electron chi connectivity index (χ2n) is 8.52. The predicted octanol–water partition coefficient (Wildman–Crippen LogP) is 5.52. The first-order valence-electron chi connectivity index (χ1n) is 11.2. The Labute approximate surface area is 204 Å². The lowest BCUT2D eigenvalue weighted by atomic mass is 10.0. The summed E-state index contributed by atoms with van der Waals surface area (Å²) in [5, 5.41) is 0. The highest BCUT2D eigenvalue weighted by atomic mass is 32.2. The van der Waals surface area contributed by atoms with Crippen molar-refractivity contribution in [1.29, 1.82) is 0 Å². The summed E-state index contributed by atoms with van der Waals surface area (Å²) >= 11 is 1.04. The third kappa shape index (κ3) is 6.44. The van der Waals surface area contributed by atoms with E-state index in [0.717, 1.165) is 34.0 Å². The van der Waals surface area contributed by atoms with Gasteiger partial charge in [-0.25, -0.2) is 27.3 Å². The Morgan fingerprint density at radius 2 is 2.03 bits per heavy atom. The quantitative estimate of drug-likeness (QED) is 0.365. The van der Waals surface area contributed by atoms with Crippen molar-refractivity contribution in [1.82, 2.24) is 14.3 Å². The number of hydrogen-bond acceptors (Lipinski definition) is 6. The van der Waals surface area contributed by atoms with E-state index < -0.39 is 21.9 Å². The fourth-order valence-corrected chi connectivity index (χ4v) is 6.28. The third-order valence-corrected chi connectivity index (χ3v) is 8.16. The lowest BCUT2D eigenvalue weighted by molar-refractivity contribution is 0.151. The number of rotatable bonds is 10. The Balaban J connectivity index is 1.94. The van der Waals surface area contributed by atoms with Gasteiger partial charge >= 0.3 is 6.09 Å². The van der Waals surface area contributed by atoms with Crippen LogP contribution in [0, 0.1) is 18.7 Å². The topological polar surface area (TPSA) is 90.3 Å². The normalized spacial score (nSPS) is 11.7. The fourth-order valence-electron chi connectivity index (χ4n) is 3.45. The van der Waals surface area contributed by atoms with Crippen molar-refractivity contribution in [2.24, 2.45) is 5.92 Å². The van der Waals surface area contributed by atoms with Gasteiger partial charge in [0.05, 0.1) is 6.61 Å². The van der Waals surface area contributed by atoms with Crippen molar-refractivity contribution in [3.8, 4) is 11.1 Å². The van der Waals surface area contributed by atoms with E-state index in [4.69, 9.17) is 4.74 Å². The predicted molar refractivity (Wildman–Crippen MR) is 131 cm³/mol. The first-order chi connectivity index (χ1) is 16.1. The Morgan fingerprint density at radius 1 is 1.26 bits per heavy atom. The van der Waals surface area contributed by atoms with Crippen LogP contribution in [0.4, 0.5) is 9.18 Å². The minimum Gasteiger partial charge on any atom is -0.449 e. The fraction of sp³-hybridized carbons (Fsp3) is 0.417. The standard InChI is InChI=1S/C24H30FN3O4S2/c1-5-6-11-32-24(29)27-34(30,31)23-21(14-19(33-23)12-16(2)3)20-8-7-18(13-22(20)25)15-28-10-9-26-17(28)4/h7-10,13-14,16H,5-6,11-12,15H2,1-4H3,(H,27,29). The molecule has 0 bridgehead atoms. The Kier molecular flexibility index (Phi) is 8.48. The van der Waals surface area contributed by atoms with Gasteiger partial charge in [-0.05, 0) is 43.4 Å². The van der Waals surface area contributed by atoms with Crippen LogP contribution >= 0.6 is 11.3 Å². The average molecular weight is 508 g/mol. The molecule has 3 rings (SSSR count). The van der Waals surface area contributed by atoms with E-state index >= 15 is 4.39 Å². The van der Waals surface area contributed by atoms with Crippen LogP contribution in [0.5, 0.6) is 0 Å². The molecule has 2 aromatic heterocycles. The van der Waals surface area contributed by atoms with Crippen LogP contribution in [0.1, 0.15) is 49.9 Å². The molecule has 1 N–H and O–H groups in total. The summed E-state index contributed by atoms with van der Waals surface area (Å²) in [6, 6.07) is 6.44. The van der Waals surface area contributed by atoms with Crippen LogP contribution in [0.15, 0.2) is 40.9 Å². The summed E-state index contributed by atoms with van der Waals surface area (Å²) in [5.74, 6) is 0.553. The van der Waals surface area contributed by atoms with Crippen LogP contribution in [-0.2, 0) is 27.7 Å². The Hall–Kier alpha value is -2.72. The van der Waals surface area contributed by atoms with Crippen molar-refractivity contribution in [3.05, 3.63) is 58.7 Å². The van der Waals surface area contributed by atoms with Crippen LogP contribution in [0.25, 0.3) is 11.1 Å². The monoisotopic (exact) mass is 507 g/mol. The number of hydrogen-bond donors (Lipinski definition) is 1. The minimum absolute atomic E-state index is 0.104. The number of sulfonamides is 1. The molecule has 1 aromatic carbocycles. The van der Waals surface area contributed by atoms with E-state index in [-0.39, 0.29) is 27.9 Å². The number of unbranched alkanes of at least 4 members (excludes halogenated alkanes) is 1. The number of ether oxygens (including phenoxy) is 1. The molecular weight excluding hydrogens is 477 g/mol. The number of aromatic nitrogens is 2. The average Bonchev–Trinajstić information content (AvgIpc) is 3.34. The molecule has 10 heteroatoms. The van der Waals surface area contributed by atoms with E-state index in [2.05, 4.69) is 4.98 Å². The van der Waals surface area contributed by atoms with Crippen molar-refractivity contribution < 1.29 is 22.3 Å². The van der Waals surface area contributed by atoms with Crippen LogP contribution in [0.2, 0.25) is 0 Å². The molecule has 0 aliphatic heterocycles. The zero-order valence-corrected chi connectivity index (χ0v) is 21.4. The van der Waals surface area contributed by atoms with Gasteiger partial charge in [0.25, 0.3) is 10.0 Å². The molecule has 3 aromatic rings. The van der Waals surface area contributed by atoms with Crippen molar-refractivity contribution >= 4 is 27.5 Å². The number of carbonyl (C=O) groups is 1. The summed E-state index contributed by atoms with van der Waals surface area (Å²) in [7, 11) is -4.25. The lowest BCUT2D eigenvalue weighted by Crippen LogP contribution is -2.31. The molecule has 7 nitrogen and oxygen atoms in total. The van der Waals surface area contributed by atoms with Crippen molar-refractivity contribution in [2.75, 3.05) is 6.61 Å². The highest BCUT2D eigenvalue weighted by molar-refractivity contribution is 7.92. The molecule has 0 saturated carbocycles.